The van der Waals surface area contributed by atoms with Gasteiger partial charge < -0.3 is 14.6 Å². The van der Waals surface area contributed by atoms with Crippen molar-refractivity contribution in [1.29, 1.82) is 0 Å². The van der Waals surface area contributed by atoms with Gasteiger partial charge in [-0.15, -0.1) is 0 Å². The summed E-state index contributed by atoms with van der Waals surface area (Å²) >= 11 is 0. The van der Waals surface area contributed by atoms with Crippen LogP contribution in [0, 0.1) is 5.41 Å². The highest BCUT2D eigenvalue weighted by Gasteiger charge is 2.24. The lowest BCUT2D eigenvalue weighted by Crippen LogP contribution is -2.40. The molecule has 5 nitrogen and oxygen atoms in total. The number of carbonyl (C=O) groups excluding carboxylic acids is 1. The molecular formula is C14H22N2O3. The fraction of sp³-hybridized carbons (Fsp3) is 0.571. The van der Waals surface area contributed by atoms with Crippen molar-refractivity contribution in [3.05, 3.63) is 34.2 Å². The molecule has 1 N–H and O–H groups in total. The summed E-state index contributed by atoms with van der Waals surface area (Å²) in [4.78, 5) is 23.4. The Morgan fingerprint density at radius 2 is 2.11 bits per heavy atom. The molecule has 1 amide bonds. The standard InChI is InChI=1S/C14H22N2O3/c1-14(2,3)11(19-5)9-15-13(18)10-6-7-16(4)12(17)8-10/h6-8,11H,9H2,1-5H3,(H,15,18)/t11-/m0/s1. The van der Waals surface area contributed by atoms with Gasteiger partial charge in [0.2, 0.25) is 0 Å². The third kappa shape index (κ3) is 4.21. The minimum absolute atomic E-state index is 0.0607. The monoisotopic (exact) mass is 266 g/mol. The molecule has 0 aliphatic carbocycles. The van der Waals surface area contributed by atoms with E-state index in [1.54, 1.807) is 26.4 Å². The van der Waals surface area contributed by atoms with Gasteiger partial charge >= 0.3 is 0 Å². The number of hydrogen-bond acceptors (Lipinski definition) is 3. The highest BCUT2D eigenvalue weighted by atomic mass is 16.5. The average Bonchev–Trinajstić information content (AvgIpc) is 2.31. The highest BCUT2D eigenvalue weighted by molar-refractivity contribution is 5.93. The first-order chi connectivity index (χ1) is 8.75. The summed E-state index contributed by atoms with van der Waals surface area (Å²) in [6, 6.07) is 2.95. The van der Waals surface area contributed by atoms with Gasteiger partial charge in [-0.1, -0.05) is 20.8 Å². The molecule has 1 heterocycles. The van der Waals surface area contributed by atoms with Crippen molar-refractivity contribution in [2.45, 2.75) is 26.9 Å². The van der Waals surface area contributed by atoms with Crippen LogP contribution < -0.4 is 10.9 Å². The maximum absolute atomic E-state index is 11.9. The van der Waals surface area contributed by atoms with Gasteiger partial charge in [0.05, 0.1) is 6.10 Å². The van der Waals surface area contributed by atoms with Crippen molar-refractivity contribution in [2.75, 3.05) is 13.7 Å². The van der Waals surface area contributed by atoms with Crippen LogP contribution in [0.3, 0.4) is 0 Å². The van der Waals surface area contributed by atoms with Gasteiger partial charge in [-0.05, 0) is 11.5 Å². The van der Waals surface area contributed by atoms with E-state index in [4.69, 9.17) is 4.74 Å². The molecular weight excluding hydrogens is 244 g/mol. The number of rotatable bonds is 4. The molecule has 0 aliphatic rings. The van der Waals surface area contributed by atoms with Crippen molar-refractivity contribution in [3.8, 4) is 0 Å². The Balaban J connectivity index is 2.70. The van der Waals surface area contributed by atoms with Crippen LogP contribution in [0.4, 0.5) is 0 Å². The van der Waals surface area contributed by atoms with Crippen LogP contribution in [0.25, 0.3) is 0 Å². The lowest BCUT2D eigenvalue weighted by atomic mass is 9.89. The zero-order valence-corrected chi connectivity index (χ0v) is 12.2. The van der Waals surface area contributed by atoms with E-state index in [1.165, 1.54) is 10.6 Å². The van der Waals surface area contributed by atoms with Crippen molar-refractivity contribution in [1.82, 2.24) is 9.88 Å². The Bertz CT molecular complexity index is 500. The van der Waals surface area contributed by atoms with Crippen LogP contribution in [0.5, 0.6) is 0 Å². The molecule has 1 aromatic heterocycles. The molecule has 0 radical (unpaired) electrons. The zero-order valence-electron chi connectivity index (χ0n) is 12.2. The van der Waals surface area contributed by atoms with E-state index in [0.29, 0.717) is 12.1 Å². The molecule has 0 fully saturated rings. The average molecular weight is 266 g/mol. The topological polar surface area (TPSA) is 60.3 Å². The van der Waals surface area contributed by atoms with Gasteiger partial charge in [-0.2, -0.15) is 0 Å². The van der Waals surface area contributed by atoms with Crippen LogP contribution in [0.1, 0.15) is 31.1 Å². The predicted octanol–water partition coefficient (Wildman–Crippen LogP) is 1.18. The van der Waals surface area contributed by atoms with E-state index in [2.05, 4.69) is 5.32 Å². The van der Waals surface area contributed by atoms with E-state index < -0.39 is 0 Å². The van der Waals surface area contributed by atoms with Crippen LogP contribution in [-0.2, 0) is 11.8 Å². The van der Waals surface area contributed by atoms with Crippen LogP contribution >= 0.6 is 0 Å². The molecule has 19 heavy (non-hydrogen) atoms. The number of carbonyl (C=O) groups is 1. The van der Waals surface area contributed by atoms with E-state index in [0.717, 1.165) is 0 Å². The Labute approximate surface area is 113 Å². The molecule has 0 spiro atoms. The number of aromatic nitrogens is 1. The highest BCUT2D eigenvalue weighted by Crippen LogP contribution is 2.20. The number of ether oxygens (including phenoxy) is 1. The minimum Gasteiger partial charge on any atom is -0.379 e. The first kappa shape index (κ1) is 15.4. The summed E-state index contributed by atoms with van der Waals surface area (Å²) in [5.41, 5.74) is 0.105. The van der Waals surface area contributed by atoms with Crippen LogP contribution in [0.15, 0.2) is 23.1 Å². The second-order valence-corrected chi connectivity index (χ2v) is 5.66. The Morgan fingerprint density at radius 1 is 1.47 bits per heavy atom. The Morgan fingerprint density at radius 3 is 2.58 bits per heavy atom. The van der Waals surface area contributed by atoms with Gasteiger partial charge in [0.15, 0.2) is 0 Å². The zero-order chi connectivity index (χ0) is 14.6. The molecule has 1 aromatic rings. The van der Waals surface area contributed by atoms with Crippen molar-refractivity contribution < 1.29 is 9.53 Å². The molecule has 0 aliphatic heterocycles. The predicted molar refractivity (Wildman–Crippen MR) is 74.3 cm³/mol. The summed E-state index contributed by atoms with van der Waals surface area (Å²) in [7, 11) is 3.27. The normalized spacial score (nSPS) is 13.1. The summed E-state index contributed by atoms with van der Waals surface area (Å²) in [6.45, 7) is 6.55. The van der Waals surface area contributed by atoms with Gasteiger partial charge in [0, 0.05) is 38.5 Å². The van der Waals surface area contributed by atoms with Crippen molar-refractivity contribution in [2.24, 2.45) is 12.5 Å². The minimum atomic E-state index is -0.260. The van der Waals surface area contributed by atoms with E-state index in [9.17, 15) is 9.59 Å². The molecule has 0 aromatic carbocycles. The smallest absolute Gasteiger partial charge is 0.251 e. The van der Waals surface area contributed by atoms with Crippen molar-refractivity contribution in [3.63, 3.8) is 0 Å². The van der Waals surface area contributed by atoms with Gasteiger partial charge in [0.25, 0.3) is 11.5 Å². The third-order valence-corrected chi connectivity index (χ3v) is 3.06. The lowest BCUT2D eigenvalue weighted by Gasteiger charge is -2.29. The van der Waals surface area contributed by atoms with Gasteiger partial charge in [-0.25, -0.2) is 0 Å². The summed E-state index contributed by atoms with van der Waals surface area (Å²) in [5.74, 6) is -0.260. The summed E-state index contributed by atoms with van der Waals surface area (Å²) in [5, 5.41) is 2.79. The second-order valence-electron chi connectivity index (χ2n) is 5.66. The Kier molecular flexibility index (Phi) is 4.89. The van der Waals surface area contributed by atoms with E-state index in [1.807, 2.05) is 20.8 Å². The second kappa shape index (κ2) is 6.02. The van der Waals surface area contributed by atoms with Crippen LogP contribution in [-0.4, -0.2) is 30.2 Å². The van der Waals surface area contributed by atoms with Gasteiger partial charge in [0.1, 0.15) is 0 Å². The first-order valence-electron chi connectivity index (χ1n) is 6.23. The van der Waals surface area contributed by atoms with E-state index >= 15 is 0 Å². The largest absolute Gasteiger partial charge is 0.379 e. The Hall–Kier alpha value is -1.62. The fourth-order valence-corrected chi connectivity index (χ4v) is 1.72. The number of amides is 1. The number of methoxy groups -OCH3 is 1. The number of pyridine rings is 1. The molecule has 0 saturated carbocycles. The molecule has 1 rings (SSSR count). The molecule has 1 atom stereocenters. The number of nitrogens with zero attached hydrogens (tertiary/aromatic N) is 1. The quantitative estimate of drug-likeness (QED) is 0.890. The summed E-state index contributed by atoms with van der Waals surface area (Å²) in [6.07, 6.45) is 1.50. The molecule has 0 bridgehead atoms. The maximum Gasteiger partial charge on any atom is 0.251 e. The molecule has 106 valence electrons. The molecule has 5 heteroatoms. The van der Waals surface area contributed by atoms with Crippen LogP contribution in [0.2, 0.25) is 0 Å². The van der Waals surface area contributed by atoms with Crippen molar-refractivity contribution >= 4 is 5.91 Å². The molecule has 0 saturated heterocycles. The summed E-state index contributed by atoms with van der Waals surface area (Å²) < 4.78 is 6.78. The van der Waals surface area contributed by atoms with Gasteiger partial charge in [-0.3, -0.25) is 9.59 Å². The SMILES string of the molecule is CO[C@@H](CNC(=O)c1ccn(C)c(=O)c1)C(C)(C)C. The van der Waals surface area contributed by atoms with E-state index in [-0.39, 0.29) is 23.0 Å². The number of aryl methyl sites for hydroxylation is 1. The molecule has 0 unspecified atom stereocenters. The number of hydrogen-bond donors (Lipinski definition) is 1. The fourth-order valence-electron chi connectivity index (χ4n) is 1.72. The number of nitrogens with one attached hydrogen (secondary N) is 1. The maximum atomic E-state index is 11.9. The first-order valence-corrected chi connectivity index (χ1v) is 6.23. The lowest BCUT2D eigenvalue weighted by molar-refractivity contribution is 0.0176. The third-order valence-electron chi connectivity index (χ3n) is 3.06.